The second-order valence-corrected chi connectivity index (χ2v) is 13.9. The highest BCUT2D eigenvalue weighted by Crippen LogP contribution is 2.35. The van der Waals surface area contributed by atoms with Crippen LogP contribution in [-0.4, -0.2) is 79.4 Å². The first-order chi connectivity index (χ1) is 27.5. The van der Waals surface area contributed by atoms with Gasteiger partial charge in [0.05, 0.1) is 13.0 Å². The van der Waals surface area contributed by atoms with E-state index in [-0.39, 0.29) is 39.8 Å². The number of aliphatic imine (C=N–C) groups is 1. The molecule has 58 heavy (non-hydrogen) atoms. The zero-order valence-corrected chi connectivity index (χ0v) is 33.2. The molecule has 0 radical (unpaired) electrons. The van der Waals surface area contributed by atoms with E-state index in [9.17, 15) is 28.8 Å². The highest BCUT2D eigenvalue weighted by Gasteiger charge is 2.27. The molecule has 0 bridgehead atoms. The molecule has 1 aliphatic carbocycles. The van der Waals surface area contributed by atoms with E-state index in [0.29, 0.717) is 35.0 Å². The summed E-state index contributed by atoms with van der Waals surface area (Å²) in [6, 6.07) is 10.9. The van der Waals surface area contributed by atoms with Gasteiger partial charge in [0, 0.05) is 47.0 Å². The van der Waals surface area contributed by atoms with Gasteiger partial charge in [-0.2, -0.15) is 4.99 Å². The number of ether oxygens (including phenoxy) is 5. The number of nitrogens with zero attached hydrogens (tertiary/aromatic N) is 2. The van der Waals surface area contributed by atoms with Crippen LogP contribution in [0.3, 0.4) is 0 Å². The summed E-state index contributed by atoms with van der Waals surface area (Å²) in [6.45, 7) is 11.6. The molecular weight excluding hydrogens is 752 g/mol. The Morgan fingerprint density at radius 2 is 1.60 bits per heavy atom. The lowest BCUT2D eigenvalue weighted by Gasteiger charge is -2.18. The Morgan fingerprint density at radius 1 is 0.914 bits per heavy atom. The van der Waals surface area contributed by atoms with Crippen LogP contribution in [0, 0.1) is 17.8 Å². The van der Waals surface area contributed by atoms with Crippen molar-refractivity contribution in [3.8, 4) is 16.9 Å². The van der Waals surface area contributed by atoms with Crippen molar-refractivity contribution in [3.63, 3.8) is 0 Å². The van der Waals surface area contributed by atoms with Gasteiger partial charge in [-0.05, 0) is 73.2 Å². The first kappa shape index (κ1) is 44.1. The van der Waals surface area contributed by atoms with Gasteiger partial charge in [-0.15, -0.1) is 0 Å². The van der Waals surface area contributed by atoms with Crippen molar-refractivity contribution in [3.05, 3.63) is 83.2 Å². The summed E-state index contributed by atoms with van der Waals surface area (Å²) in [4.78, 5) is 85.1. The average molecular weight is 801 g/mol. The second-order valence-electron chi connectivity index (χ2n) is 13.9. The lowest BCUT2D eigenvalue weighted by atomic mass is 9.94. The van der Waals surface area contributed by atoms with Crippen LogP contribution in [0.4, 0.5) is 10.5 Å². The third-order valence-corrected chi connectivity index (χ3v) is 8.75. The topological polar surface area (TPSA) is 250 Å². The molecule has 1 saturated carbocycles. The van der Waals surface area contributed by atoms with E-state index in [1.165, 1.54) is 68.6 Å². The Morgan fingerprint density at radius 3 is 2.21 bits per heavy atom. The van der Waals surface area contributed by atoms with Gasteiger partial charge >= 0.3 is 24.0 Å². The van der Waals surface area contributed by atoms with Crippen LogP contribution in [0.25, 0.3) is 17.2 Å². The number of rotatable bonds is 17. The van der Waals surface area contributed by atoms with Crippen LogP contribution in [0.2, 0.25) is 0 Å². The van der Waals surface area contributed by atoms with Crippen molar-refractivity contribution < 1.29 is 52.5 Å². The number of nitrogens with two attached hydrogens (primary N) is 2. The summed E-state index contributed by atoms with van der Waals surface area (Å²) in [5.41, 5.74) is 12.8. The first-order valence-electron chi connectivity index (χ1n) is 18.4. The quantitative estimate of drug-likeness (QED) is 0.0619. The molecule has 1 heterocycles. The van der Waals surface area contributed by atoms with Gasteiger partial charge in [0.15, 0.2) is 5.69 Å². The van der Waals surface area contributed by atoms with Gasteiger partial charge < -0.3 is 45.8 Å². The number of carbonyl (C=O) groups excluding carboxylic acids is 6. The van der Waals surface area contributed by atoms with Crippen LogP contribution in [-0.2, 0) is 28.5 Å². The molecule has 6 N–H and O–H groups in total. The van der Waals surface area contributed by atoms with E-state index >= 15 is 0 Å². The lowest BCUT2D eigenvalue weighted by Crippen LogP contribution is -2.37. The summed E-state index contributed by atoms with van der Waals surface area (Å²) in [5.74, 6) is -3.73. The molecule has 1 aromatic heterocycles. The predicted molar refractivity (Wildman–Crippen MR) is 213 cm³/mol. The number of methoxy groups -OCH3 is 1. The zero-order valence-electron chi connectivity index (χ0n) is 33.2. The van der Waals surface area contributed by atoms with Gasteiger partial charge in [-0.1, -0.05) is 40.3 Å². The number of pyridine rings is 1. The number of benzene rings is 2. The smallest absolute Gasteiger partial charge is 0.438 e. The van der Waals surface area contributed by atoms with Crippen molar-refractivity contribution in [1.82, 2.24) is 10.3 Å². The van der Waals surface area contributed by atoms with Crippen molar-refractivity contribution in [2.24, 2.45) is 34.2 Å². The molecule has 1 unspecified atom stereocenters. The Kier molecular flexibility index (Phi) is 15.2. The predicted octanol–water partition coefficient (Wildman–Crippen LogP) is 4.82. The normalized spacial score (nSPS) is 13.5. The molecule has 17 heteroatoms. The van der Waals surface area contributed by atoms with Gasteiger partial charge in [0.2, 0.25) is 13.1 Å². The molecule has 2 aromatic carbocycles. The van der Waals surface area contributed by atoms with Crippen molar-refractivity contribution in [1.29, 1.82) is 0 Å². The number of esters is 3. The fourth-order valence-corrected chi connectivity index (χ4v) is 5.11. The number of anilines is 1. The fourth-order valence-electron chi connectivity index (χ4n) is 5.11. The molecule has 17 nitrogen and oxygen atoms in total. The summed E-state index contributed by atoms with van der Waals surface area (Å²) in [5, 5.41) is 5.60. The third kappa shape index (κ3) is 11.9. The van der Waals surface area contributed by atoms with E-state index in [4.69, 9.17) is 35.2 Å². The maximum Gasteiger partial charge on any atom is 0.438 e. The van der Waals surface area contributed by atoms with Crippen LogP contribution in [0.15, 0.2) is 60.1 Å². The number of carbonyl (C=O) groups is 6. The summed E-state index contributed by atoms with van der Waals surface area (Å²) in [7, 11) is 1.42. The van der Waals surface area contributed by atoms with Crippen LogP contribution in [0.5, 0.6) is 5.75 Å². The number of aromatic nitrogens is 1. The molecule has 3 aromatic rings. The SMILES string of the molecule is C=Cc1cc(C(=O)Nc2ccc(C(N)=NC(=O)OC(C)OC(=O)C(C)C)cc2)c(-c2ccc(C(=O)NCC3CC3)nc2C(=O)OCOC(=O)[C@@H](N)C(C)C)cc1OC. The molecule has 4 rings (SSSR count). The number of amidine groups is 1. The van der Waals surface area contributed by atoms with E-state index in [0.717, 1.165) is 12.8 Å². The van der Waals surface area contributed by atoms with Gasteiger partial charge in [0.1, 0.15) is 23.3 Å². The molecule has 1 aliphatic rings. The number of hydrogen-bond donors (Lipinski definition) is 4. The molecule has 308 valence electrons. The van der Waals surface area contributed by atoms with E-state index in [1.807, 2.05) is 0 Å². The Bertz CT molecular complexity index is 2080. The minimum absolute atomic E-state index is 0.0482. The van der Waals surface area contributed by atoms with Crippen molar-refractivity contribution in [2.75, 3.05) is 25.8 Å². The van der Waals surface area contributed by atoms with Gasteiger partial charge in [-0.25, -0.2) is 14.6 Å². The summed E-state index contributed by atoms with van der Waals surface area (Å²) >= 11 is 0. The van der Waals surface area contributed by atoms with E-state index in [2.05, 4.69) is 27.2 Å². The Balaban J connectivity index is 1.64. The van der Waals surface area contributed by atoms with Crippen LogP contribution in [0.1, 0.15) is 89.9 Å². The molecule has 1 fully saturated rings. The van der Waals surface area contributed by atoms with Gasteiger partial charge in [-0.3, -0.25) is 19.2 Å². The summed E-state index contributed by atoms with van der Waals surface area (Å²) in [6.07, 6.45) is 1.21. The number of amides is 3. The minimum atomic E-state index is -1.19. The molecule has 2 atom stereocenters. The van der Waals surface area contributed by atoms with E-state index in [1.54, 1.807) is 27.7 Å². The standard InChI is InChI=1S/C41H48N6O11/c1-8-25-17-30(36(48)45-27-13-11-26(12-14-27)35(43)47-41(53)58-23(6)57-38(50)22(4)5)29(18-32(25)54-7)28-15-16-31(37(49)44-19-24-9-10-24)46-34(28)40(52)56-20-55-39(51)33(42)21(2)3/h8,11-18,21-24,33H,1,9-10,19-20,42H2,2-7H3,(H,44,49)(H,45,48)(H2,43,47,53)/t23?,33-/m0/s1. The van der Waals surface area contributed by atoms with Crippen molar-refractivity contribution in [2.45, 2.75) is 59.8 Å². The first-order valence-corrected chi connectivity index (χ1v) is 18.4. The largest absolute Gasteiger partial charge is 0.496 e. The fraction of sp³-hybridized carbons (Fsp3) is 0.366. The maximum absolute atomic E-state index is 14.0. The molecule has 3 amide bonds. The Hall–Kier alpha value is -6.62. The molecule has 0 spiro atoms. The molecule has 0 saturated heterocycles. The minimum Gasteiger partial charge on any atom is -0.496 e. The maximum atomic E-state index is 14.0. The zero-order chi connectivity index (χ0) is 42.7. The molecular formula is C41H48N6O11. The highest BCUT2D eigenvalue weighted by molar-refractivity contribution is 6.11. The summed E-state index contributed by atoms with van der Waals surface area (Å²) < 4.78 is 25.9. The molecule has 0 aliphatic heterocycles. The second kappa shape index (κ2) is 20.0. The van der Waals surface area contributed by atoms with Crippen LogP contribution < -0.4 is 26.8 Å². The average Bonchev–Trinajstić information content (AvgIpc) is 4.03. The Labute approximate surface area is 335 Å². The number of nitrogens with one attached hydrogen (secondary N) is 2. The van der Waals surface area contributed by atoms with Crippen LogP contribution >= 0.6 is 0 Å². The van der Waals surface area contributed by atoms with Gasteiger partial charge in [0.25, 0.3) is 11.8 Å². The lowest BCUT2D eigenvalue weighted by molar-refractivity contribution is -0.168. The number of hydrogen-bond acceptors (Lipinski definition) is 13. The monoisotopic (exact) mass is 800 g/mol. The highest BCUT2D eigenvalue weighted by atomic mass is 16.7. The van der Waals surface area contributed by atoms with Crippen molar-refractivity contribution >= 4 is 53.4 Å². The van der Waals surface area contributed by atoms with E-state index < -0.39 is 60.9 Å². The third-order valence-electron chi connectivity index (χ3n) is 8.75.